The van der Waals surface area contributed by atoms with Gasteiger partial charge in [-0.15, -0.1) is 0 Å². The molecule has 0 saturated carbocycles. The van der Waals surface area contributed by atoms with E-state index in [4.69, 9.17) is 28.3 Å². The lowest BCUT2D eigenvalue weighted by atomic mass is 10.2. The van der Waals surface area contributed by atoms with Crippen LogP contribution in [0.4, 0.5) is 0 Å². The summed E-state index contributed by atoms with van der Waals surface area (Å²) < 4.78 is 0. The van der Waals surface area contributed by atoms with E-state index in [0.29, 0.717) is 6.42 Å². The van der Waals surface area contributed by atoms with Crippen molar-refractivity contribution in [2.24, 2.45) is 0 Å². The molecule has 0 aromatic carbocycles. The molecule has 6 heteroatoms. The summed E-state index contributed by atoms with van der Waals surface area (Å²) >= 11 is 11.5. The van der Waals surface area contributed by atoms with Gasteiger partial charge in [0.15, 0.2) is 0 Å². The first-order chi connectivity index (χ1) is 7.58. The minimum absolute atomic E-state index is 0.0704. The third-order valence-corrected chi connectivity index (χ3v) is 2.59. The summed E-state index contributed by atoms with van der Waals surface area (Å²) in [6, 6.07) is 2.71. The Balaban J connectivity index is 2.83. The molecule has 1 rings (SSSR count). The molecule has 0 aliphatic heterocycles. The summed E-state index contributed by atoms with van der Waals surface area (Å²) in [5.74, 6) is -0.437. The number of carbonyl (C=O) groups excluding carboxylic acids is 1. The Labute approximate surface area is 104 Å². The average Bonchev–Trinajstić information content (AvgIpc) is 2.28. The van der Waals surface area contributed by atoms with E-state index in [1.54, 1.807) is 0 Å². The van der Waals surface area contributed by atoms with E-state index in [1.807, 2.05) is 6.92 Å². The Hall–Kier alpha value is -0.840. The monoisotopic (exact) mass is 262 g/mol. The van der Waals surface area contributed by atoms with Crippen LogP contribution >= 0.6 is 23.2 Å². The molecule has 2 N–H and O–H groups in total. The van der Waals surface area contributed by atoms with E-state index in [-0.39, 0.29) is 28.5 Å². The minimum atomic E-state index is -0.437. The molecule has 1 heterocycles. The van der Waals surface area contributed by atoms with Gasteiger partial charge >= 0.3 is 0 Å². The maximum Gasteiger partial charge on any atom is 0.271 e. The van der Waals surface area contributed by atoms with Crippen molar-refractivity contribution in [3.05, 3.63) is 28.0 Å². The molecular weight excluding hydrogens is 251 g/mol. The van der Waals surface area contributed by atoms with Gasteiger partial charge in [0.05, 0.1) is 17.7 Å². The summed E-state index contributed by atoms with van der Waals surface area (Å²) in [4.78, 5) is 15.6. The summed E-state index contributed by atoms with van der Waals surface area (Å²) in [5, 5.41) is 12.0. The number of halogens is 2. The molecule has 4 nitrogen and oxygen atoms in total. The first-order valence-corrected chi connectivity index (χ1v) is 5.57. The van der Waals surface area contributed by atoms with Crippen LogP contribution in [0.3, 0.4) is 0 Å². The van der Waals surface area contributed by atoms with Gasteiger partial charge < -0.3 is 10.4 Å². The zero-order valence-electron chi connectivity index (χ0n) is 8.70. The van der Waals surface area contributed by atoms with Crippen molar-refractivity contribution in [3.8, 4) is 0 Å². The van der Waals surface area contributed by atoms with E-state index >= 15 is 0 Å². The third-order valence-electron chi connectivity index (χ3n) is 2.08. The van der Waals surface area contributed by atoms with Crippen molar-refractivity contribution in [1.82, 2.24) is 10.3 Å². The maximum absolute atomic E-state index is 11.7. The Bertz CT molecular complexity index is 381. The molecule has 88 valence electrons. The normalized spacial score (nSPS) is 12.2. The highest BCUT2D eigenvalue weighted by molar-refractivity contribution is 6.34. The summed E-state index contributed by atoms with van der Waals surface area (Å²) in [7, 11) is 0. The van der Waals surface area contributed by atoms with Gasteiger partial charge in [-0.05, 0) is 18.6 Å². The SMILES string of the molecule is CC[C@H](CO)NC(=O)c1nc(Cl)ccc1Cl. The molecule has 0 fully saturated rings. The molecule has 0 unspecified atom stereocenters. The Morgan fingerprint density at radius 2 is 2.25 bits per heavy atom. The molecule has 1 aromatic rings. The van der Waals surface area contributed by atoms with E-state index in [2.05, 4.69) is 10.3 Å². The third kappa shape index (κ3) is 3.33. The summed E-state index contributed by atoms with van der Waals surface area (Å²) in [6.45, 7) is 1.73. The predicted octanol–water partition coefficient (Wildman–Crippen LogP) is 1.89. The van der Waals surface area contributed by atoms with Crippen molar-refractivity contribution in [2.75, 3.05) is 6.61 Å². The van der Waals surface area contributed by atoms with Gasteiger partial charge in [-0.3, -0.25) is 4.79 Å². The van der Waals surface area contributed by atoms with Crippen LogP contribution in [-0.4, -0.2) is 28.6 Å². The average molecular weight is 263 g/mol. The first kappa shape index (κ1) is 13.2. The summed E-state index contributed by atoms with van der Waals surface area (Å²) in [5.41, 5.74) is 0.0704. The largest absolute Gasteiger partial charge is 0.394 e. The van der Waals surface area contributed by atoms with Gasteiger partial charge in [0.25, 0.3) is 5.91 Å². The number of nitrogens with one attached hydrogen (secondary N) is 1. The van der Waals surface area contributed by atoms with Gasteiger partial charge in [-0.2, -0.15) is 0 Å². The second-order valence-corrected chi connectivity index (χ2v) is 4.02. The fraction of sp³-hybridized carbons (Fsp3) is 0.400. The van der Waals surface area contributed by atoms with E-state index < -0.39 is 5.91 Å². The van der Waals surface area contributed by atoms with Gasteiger partial charge in [0.2, 0.25) is 0 Å². The highest BCUT2D eigenvalue weighted by Crippen LogP contribution is 2.16. The molecule has 0 radical (unpaired) electrons. The van der Waals surface area contributed by atoms with Crippen LogP contribution in [0.1, 0.15) is 23.8 Å². The number of carbonyl (C=O) groups is 1. The second kappa shape index (κ2) is 6.03. The van der Waals surface area contributed by atoms with Crippen molar-refractivity contribution in [3.63, 3.8) is 0 Å². The standard InChI is InChI=1S/C10H12Cl2N2O2/c1-2-6(5-15)13-10(16)9-7(11)3-4-8(12)14-9/h3-4,6,15H,2,5H2,1H3,(H,13,16)/t6-/m1/s1. The Morgan fingerprint density at radius 1 is 1.56 bits per heavy atom. The van der Waals surface area contributed by atoms with Gasteiger partial charge in [0.1, 0.15) is 10.8 Å². The molecule has 0 bridgehead atoms. The van der Waals surface area contributed by atoms with Crippen LogP contribution in [0, 0.1) is 0 Å². The van der Waals surface area contributed by atoms with E-state index in [1.165, 1.54) is 12.1 Å². The number of pyridine rings is 1. The number of aromatic nitrogens is 1. The lowest BCUT2D eigenvalue weighted by Gasteiger charge is -2.13. The van der Waals surface area contributed by atoms with Crippen molar-refractivity contribution >= 4 is 29.1 Å². The molecule has 0 spiro atoms. The van der Waals surface area contributed by atoms with Crippen LogP contribution in [0.5, 0.6) is 0 Å². The molecule has 1 amide bonds. The molecule has 1 aromatic heterocycles. The number of rotatable bonds is 4. The summed E-state index contributed by atoms with van der Waals surface area (Å²) in [6.07, 6.45) is 0.625. The molecule has 0 aliphatic rings. The number of nitrogens with zero attached hydrogens (tertiary/aromatic N) is 1. The zero-order chi connectivity index (χ0) is 12.1. The smallest absolute Gasteiger partial charge is 0.271 e. The highest BCUT2D eigenvalue weighted by atomic mass is 35.5. The number of aliphatic hydroxyl groups is 1. The molecular formula is C10H12Cl2N2O2. The molecule has 16 heavy (non-hydrogen) atoms. The van der Waals surface area contributed by atoms with E-state index in [9.17, 15) is 4.79 Å². The number of hydrogen-bond acceptors (Lipinski definition) is 3. The minimum Gasteiger partial charge on any atom is -0.394 e. The maximum atomic E-state index is 11.7. The van der Waals surface area contributed by atoms with Crippen molar-refractivity contribution in [2.45, 2.75) is 19.4 Å². The molecule has 0 saturated heterocycles. The van der Waals surface area contributed by atoms with Crippen LogP contribution in [0.15, 0.2) is 12.1 Å². The van der Waals surface area contributed by atoms with Gasteiger partial charge in [-0.25, -0.2) is 4.98 Å². The van der Waals surface area contributed by atoms with Gasteiger partial charge in [0, 0.05) is 0 Å². The zero-order valence-corrected chi connectivity index (χ0v) is 10.2. The topological polar surface area (TPSA) is 62.2 Å². The predicted molar refractivity (Wildman–Crippen MR) is 62.9 cm³/mol. The lowest BCUT2D eigenvalue weighted by molar-refractivity contribution is 0.0910. The fourth-order valence-electron chi connectivity index (χ4n) is 1.11. The van der Waals surface area contributed by atoms with Gasteiger partial charge in [-0.1, -0.05) is 30.1 Å². The lowest BCUT2D eigenvalue weighted by Crippen LogP contribution is -2.37. The number of hydrogen-bond donors (Lipinski definition) is 2. The van der Waals surface area contributed by atoms with Crippen LogP contribution in [0.25, 0.3) is 0 Å². The number of amides is 1. The van der Waals surface area contributed by atoms with E-state index in [0.717, 1.165) is 0 Å². The Morgan fingerprint density at radius 3 is 2.81 bits per heavy atom. The first-order valence-electron chi connectivity index (χ1n) is 4.82. The van der Waals surface area contributed by atoms with Crippen LogP contribution < -0.4 is 5.32 Å². The number of aliphatic hydroxyl groups excluding tert-OH is 1. The van der Waals surface area contributed by atoms with Crippen molar-refractivity contribution < 1.29 is 9.90 Å². The van der Waals surface area contributed by atoms with Crippen LogP contribution in [-0.2, 0) is 0 Å². The van der Waals surface area contributed by atoms with Crippen molar-refractivity contribution in [1.29, 1.82) is 0 Å². The second-order valence-electron chi connectivity index (χ2n) is 3.23. The fourth-order valence-corrected chi connectivity index (χ4v) is 1.45. The quantitative estimate of drug-likeness (QED) is 0.815. The molecule has 0 aliphatic carbocycles. The molecule has 1 atom stereocenters. The highest BCUT2D eigenvalue weighted by Gasteiger charge is 2.16. The van der Waals surface area contributed by atoms with Crippen LogP contribution in [0.2, 0.25) is 10.2 Å². The Kier molecular flexibility index (Phi) is 4.99.